The summed E-state index contributed by atoms with van der Waals surface area (Å²) < 4.78 is 24.3. The van der Waals surface area contributed by atoms with Crippen molar-refractivity contribution in [3.8, 4) is 39.6 Å². The Balaban J connectivity index is 0.00000705. The van der Waals surface area contributed by atoms with Crippen LogP contribution in [-0.2, 0) is 31.9 Å². The summed E-state index contributed by atoms with van der Waals surface area (Å²) in [4.78, 5) is 11.7. The van der Waals surface area contributed by atoms with Crippen LogP contribution >= 0.6 is 0 Å². The molecule has 9 aromatic carbocycles. The van der Waals surface area contributed by atoms with Crippen molar-refractivity contribution in [2.75, 3.05) is 14.7 Å². The van der Waals surface area contributed by atoms with Gasteiger partial charge in [0.2, 0.25) is 0 Å². The maximum absolute atomic E-state index is 15.0. The first-order valence-electron chi connectivity index (χ1n) is 28.2. The number of nitrogens with zero attached hydrogens (tertiary/aromatic N) is 5. The predicted molar refractivity (Wildman–Crippen MR) is 335 cm³/mol. The Morgan fingerprint density at radius 1 is 0.524 bits per heavy atom. The maximum Gasteiger partial charge on any atom is 0.135 e. The number of hydrogen-bond donors (Lipinski definition) is 0. The Bertz CT molecular complexity index is 4050. The molecule has 82 heavy (non-hydrogen) atoms. The average molecular weight is 1260 g/mol. The third-order valence-electron chi connectivity index (χ3n) is 15.6. The van der Waals surface area contributed by atoms with Gasteiger partial charge in [-0.2, -0.15) is 6.07 Å². The summed E-state index contributed by atoms with van der Waals surface area (Å²) in [7, 11) is 0. The molecule has 0 atom stereocenters. The fourth-order valence-corrected chi connectivity index (χ4v) is 11.1. The van der Waals surface area contributed by atoms with Gasteiger partial charge in [-0.05, 0) is 140 Å². The van der Waals surface area contributed by atoms with Crippen molar-refractivity contribution < 1.29 is 30.2 Å². The van der Waals surface area contributed by atoms with Crippen molar-refractivity contribution in [1.29, 1.82) is 0 Å². The molecule has 1 aliphatic rings. The van der Waals surface area contributed by atoms with Crippen LogP contribution in [0.15, 0.2) is 206 Å². The van der Waals surface area contributed by atoms with Gasteiger partial charge in [0.15, 0.2) is 0 Å². The van der Waals surface area contributed by atoms with Crippen LogP contribution in [-0.4, -0.2) is 9.55 Å². The largest absolute Gasteiger partial charge is 0.509 e. The molecule has 11 aromatic rings. The van der Waals surface area contributed by atoms with Crippen LogP contribution in [0.5, 0.6) is 11.5 Å². The number of para-hydroxylation sites is 5. The topological polar surface area (TPSA) is 36.8 Å². The summed E-state index contributed by atoms with van der Waals surface area (Å²) in [6, 6.07) is 76.8. The molecule has 8 heteroatoms. The van der Waals surface area contributed by atoms with E-state index in [1.807, 2.05) is 36.5 Å². The molecule has 0 unspecified atom stereocenters. The smallest absolute Gasteiger partial charge is 0.135 e. The van der Waals surface area contributed by atoms with Crippen LogP contribution in [0.25, 0.3) is 49.9 Å². The Labute approximate surface area is 497 Å². The van der Waals surface area contributed by atoms with Gasteiger partial charge in [-0.25, -0.2) is 9.37 Å². The van der Waals surface area contributed by atoms with Crippen LogP contribution in [0.4, 0.5) is 44.2 Å². The molecule has 2 aromatic heterocycles. The molecule has 0 saturated carbocycles. The van der Waals surface area contributed by atoms with Crippen molar-refractivity contribution in [2.45, 2.75) is 91.9 Å². The van der Waals surface area contributed by atoms with Gasteiger partial charge >= 0.3 is 0 Å². The third-order valence-corrected chi connectivity index (χ3v) is 15.6. The van der Waals surface area contributed by atoms with E-state index in [9.17, 15) is 4.39 Å². The van der Waals surface area contributed by atoms with E-state index in [2.05, 4.69) is 265 Å². The summed E-state index contributed by atoms with van der Waals surface area (Å²) >= 11 is 0. The second-order valence-electron chi connectivity index (χ2n) is 24.0. The number of anilines is 7. The number of aromatic nitrogens is 2. The van der Waals surface area contributed by atoms with Crippen molar-refractivity contribution in [2.24, 2.45) is 0 Å². The SMILES string of the molecule is CC(C)c1cc(-c2cc(C(C)(C)C)cc(-c3ccc(F)cc3)c2N2[CH-]N(c3[c-]c(Oc4[c-]c5c(cc4)c4ccccc4n5-c4cc(C(C)(C)C)ccn4)cc(N(c4ccccc4)c4ccccc4)c3)c3ccccc32)cc(C(C)C)c1.[Pt]. The van der Waals surface area contributed by atoms with E-state index in [-0.39, 0.29) is 37.7 Å². The van der Waals surface area contributed by atoms with Crippen LogP contribution in [0.3, 0.4) is 0 Å². The van der Waals surface area contributed by atoms with E-state index >= 15 is 0 Å². The number of halogens is 1. The summed E-state index contributed by atoms with van der Waals surface area (Å²) in [5.74, 6) is 2.19. The summed E-state index contributed by atoms with van der Waals surface area (Å²) in [6.45, 7) is 24.7. The van der Waals surface area contributed by atoms with Crippen molar-refractivity contribution in [3.05, 3.63) is 253 Å². The van der Waals surface area contributed by atoms with Crippen molar-refractivity contribution >= 4 is 61.6 Å². The minimum absolute atomic E-state index is 0. The van der Waals surface area contributed by atoms with E-state index in [4.69, 9.17) is 9.72 Å². The van der Waals surface area contributed by atoms with Gasteiger partial charge in [0, 0.05) is 83.8 Å². The summed E-state index contributed by atoms with van der Waals surface area (Å²) in [6.07, 6.45) is 1.90. The third kappa shape index (κ3) is 10.8. The normalized spacial score (nSPS) is 12.6. The number of fused-ring (bicyclic) bond motifs is 4. The number of pyridine rings is 1. The minimum Gasteiger partial charge on any atom is -0.509 e. The van der Waals surface area contributed by atoms with Crippen LogP contribution < -0.4 is 19.4 Å². The minimum atomic E-state index is -0.278. The zero-order valence-electron chi connectivity index (χ0n) is 48.2. The standard InChI is InChI=1S/C74H67FN5O.Pt/c1-48(2)51-37-52(49(3)4)39-53(38-51)66-41-55(74(8,9)10)40-65(50-29-31-56(75)32-30-50)72(66)78-47-77(68-27-19-20-28-69(68)78)59-43-60(79(57-21-13-11-14-22-57)58-23-15-12-16-24-58)45-62(44-59)81-61-33-34-64-63-25-17-18-26-67(63)80(70(64)46-61)71-42-54(35-36-76-71)73(5,6)7;/h11-43,45,47-49H,1-10H3;/q-3;. The first kappa shape index (κ1) is 55.6. The van der Waals surface area contributed by atoms with E-state index < -0.39 is 0 Å². The molecule has 0 bridgehead atoms. The second-order valence-corrected chi connectivity index (χ2v) is 24.0. The zero-order valence-corrected chi connectivity index (χ0v) is 50.5. The second kappa shape index (κ2) is 22.2. The van der Waals surface area contributed by atoms with Gasteiger partial charge in [-0.1, -0.05) is 183 Å². The molecule has 0 radical (unpaired) electrons. The van der Waals surface area contributed by atoms with E-state index in [1.54, 1.807) is 12.1 Å². The first-order valence-corrected chi connectivity index (χ1v) is 28.2. The predicted octanol–water partition coefficient (Wildman–Crippen LogP) is 20.8. The molecule has 0 amide bonds. The Hall–Kier alpha value is -8.25. The first-order chi connectivity index (χ1) is 39.0. The molecule has 0 N–H and O–H groups in total. The van der Waals surface area contributed by atoms with Crippen molar-refractivity contribution in [1.82, 2.24) is 9.55 Å². The molecule has 1 aliphatic heterocycles. The molecular formula is C74H67FN5OPt-3. The van der Waals surface area contributed by atoms with Gasteiger partial charge in [0.05, 0.1) is 0 Å². The number of rotatable bonds is 12. The van der Waals surface area contributed by atoms with Gasteiger partial charge in [-0.3, -0.25) is 0 Å². The molecule has 0 fully saturated rings. The maximum atomic E-state index is 15.0. The van der Waals surface area contributed by atoms with Gasteiger partial charge in [0.25, 0.3) is 0 Å². The summed E-state index contributed by atoms with van der Waals surface area (Å²) in [5, 5.41) is 2.16. The number of hydrogen-bond acceptors (Lipinski definition) is 5. The molecule has 0 saturated heterocycles. The molecule has 6 nitrogen and oxygen atoms in total. The fourth-order valence-electron chi connectivity index (χ4n) is 11.1. The number of ether oxygens (including phenoxy) is 1. The van der Waals surface area contributed by atoms with Gasteiger partial charge in [-0.15, -0.1) is 42.4 Å². The van der Waals surface area contributed by atoms with Gasteiger partial charge in [0.1, 0.15) is 11.6 Å². The Morgan fingerprint density at radius 2 is 1.11 bits per heavy atom. The average Bonchev–Trinajstić information content (AvgIpc) is 4.11. The van der Waals surface area contributed by atoms with Crippen molar-refractivity contribution in [3.63, 3.8) is 0 Å². The van der Waals surface area contributed by atoms with E-state index in [0.29, 0.717) is 23.3 Å². The van der Waals surface area contributed by atoms with Gasteiger partial charge < -0.3 is 24.0 Å². The van der Waals surface area contributed by atoms with Crippen LogP contribution in [0.1, 0.15) is 103 Å². The van der Waals surface area contributed by atoms with Crippen LogP contribution in [0, 0.1) is 24.6 Å². The quantitative estimate of drug-likeness (QED) is 0.114. The summed E-state index contributed by atoms with van der Waals surface area (Å²) in [5.41, 5.74) is 17.2. The Kier molecular flexibility index (Phi) is 15.1. The molecule has 3 heterocycles. The fraction of sp³-hybridized carbons (Fsp3) is 0.189. The molecule has 414 valence electrons. The zero-order chi connectivity index (χ0) is 56.3. The molecule has 12 rings (SSSR count). The monoisotopic (exact) mass is 1260 g/mol. The van der Waals surface area contributed by atoms with E-state index in [1.165, 1.54) is 22.3 Å². The molecule has 0 aliphatic carbocycles. The Morgan fingerprint density at radius 3 is 1.73 bits per heavy atom. The van der Waals surface area contributed by atoms with E-state index in [0.717, 1.165) is 89.7 Å². The molecule has 0 spiro atoms. The molecular weight excluding hydrogens is 1190 g/mol. The number of benzene rings is 9. The van der Waals surface area contributed by atoms with Crippen LogP contribution in [0.2, 0.25) is 0 Å².